The Morgan fingerprint density at radius 2 is 2.18 bits per heavy atom. The van der Waals surface area contributed by atoms with Gasteiger partial charge in [0.1, 0.15) is 0 Å². The SMILES string of the molecule is Cc1cnc(C)c(-n2cc(N)c(C(=O)O)n2)n1. The Bertz CT molecular complexity index is 590. The van der Waals surface area contributed by atoms with Crippen molar-refractivity contribution in [3.8, 4) is 5.82 Å². The molecule has 17 heavy (non-hydrogen) atoms. The van der Waals surface area contributed by atoms with Gasteiger partial charge >= 0.3 is 5.97 Å². The zero-order valence-electron chi connectivity index (χ0n) is 9.38. The average molecular weight is 233 g/mol. The second-order valence-corrected chi connectivity index (χ2v) is 3.60. The van der Waals surface area contributed by atoms with Gasteiger partial charge in [0.2, 0.25) is 0 Å². The standard InChI is InChI=1S/C10H11N5O2/c1-5-3-12-6(2)9(13-5)15-4-7(11)8(14-15)10(16)17/h3-4H,11H2,1-2H3,(H,16,17). The van der Waals surface area contributed by atoms with E-state index < -0.39 is 5.97 Å². The molecule has 0 aliphatic heterocycles. The maximum absolute atomic E-state index is 10.8. The minimum Gasteiger partial charge on any atom is -0.476 e. The van der Waals surface area contributed by atoms with E-state index in [0.29, 0.717) is 11.5 Å². The number of hydrogen-bond acceptors (Lipinski definition) is 5. The number of nitrogens with two attached hydrogens (primary N) is 1. The van der Waals surface area contributed by atoms with Gasteiger partial charge in [0.25, 0.3) is 0 Å². The van der Waals surface area contributed by atoms with Crippen molar-refractivity contribution >= 4 is 11.7 Å². The molecule has 3 N–H and O–H groups in total. The molecule has 0 unspecified atom stereocenters. The van der Waals surface area contributed by atoms with Gasteiger partial charge in [0.15, 0.2) is 11.5 Å². The number of aryl methyl sites for hydroxylation is 2. The van der Waals surface area contributed by atoms with E-state index in [4.69, 9.17) is 10.8 Å². The predicted octanol–water partition coefficient (Wildman–Crippen LogP) is 0.560. The summed E-state index contributed by atoms with van der Waals surface area (Å²) in [5.41, 5.74) is 6.83. The first-order valence-corrected chi connectivity index (χ1v) is 4.88. The quantitative estimate of drug-likeness (QED) is 0.784. The molecule has 2 heterocycles. The summed E-state index contributed by atoms with van der Waals surface area (Å²) in [6.45, 7) is 3.56. The van der Waals surface area contributed by atoms with Crippen LogP contribution in [0.5, 0.6) is 0 Å². The van der Waals surface area contributed by atoms with Gasteiger partial charge in [-0.1, -0.05) is 0 Å². The van der Waals surface area contributed by atoms with Crippen molar-refractivity contribution in [3.05, 3.63) is 29.5 Å². The highest BCUT2D eigenvalue weighted by Crippen LogP contribution is 2.14. The summed E-state index contributed by atoms with van der Waals surface area (Å²) >= 11 is 0. The number of carboxylic acids is 1. The van der Waals surface area contributed by atoms with Crippen LogP contribution in [0.2, 0.25) is 0 Å². The van der Waals surface area contributed by atoms with E-state index in [1.807, 2.05) is 0 Å². The van der Waals surface area contributed by atoms with Crippen molar-refractivity contribution in [1.29, 1.82) is 0 Å². The van der Waals surface area contributed by atoms with E-state index in [9.17, 15) is 4.79 Å². The lowest BCUT2D eigenvalue weighted by atomic mass is 10.4. The summed E-state index contributed by atoms with van der Waals surface area (Å²) in [5, 5.41) is 12.7. The summed E-state index contributed by atoms with van der Waals surface area (Å²) in [6.07, 6.45) is 3.05. The lowest BCUT2D eigenvalue weighted by molar-refractivity contribution is 0.0691. The first-order valence-electron chi connectivity index (χ1n) is 4.88. The summed E-state index contributed by atoms with van der Waals surface area (Å²) in [4.78, 5) is 19.2. The Labute approximate surface area is 96.9 Å². The van der Waals surface area contributed by atoms with E-state index >= 15 is 0 Å². The van der Waals surface area contributed by atoms with Crippen LogP contribution in [0.1, 0.15) is 21.9 Å². The highest BCUT2D eigenvalue weighted by Gasteiger charge is 2.15. The molecule has 88 valence electrons. The Balaban J connectivity index is 2.57. The van der Waals surface area contributed by atoms with Crippen LogP contribution in [-0.4, -0.2) is 30.8 Å². The van der Waals surface area contributed by atoms with Gasteiger partial charge in [-0.05, 0) is 13.8 Å². The smallest absolute Gasteiger partial charge is 0.358 e. The summed E-state index contributed by atoms with van der Waals surface area (Å²) in [7, 11) is 0. The molecule has 0 saturated heterocycles. The van der Waals surface area contributed by atoms with Crippen molar-refractivity contribution in [2.75, 3.05) is 5.73 Å². The number of hydrogen-bond donors (Lipinski definition) is 2. The van der Waals surface area contributed by atoms with E-state index in [-0.39, 0.29) is 11.4 Å². The number of rotatable bonds is 2. The number of carbonyl (C=O) groups is 1. The minimum atomic E-state index is -1.17. The molecule has 0 aliphatic carbocycles. The second-order valence-electron chi connectivity index (χ2n) is 3.60. The van der Waals surface area contributed by atoms with Gasteiger partial charge in [-0.25, -0.2) is 14.5 Å². The Hall–Kier alpha value is -2.44. The van der Waals surface area contributed by atoms with E-state index in [1.165, 1.54) is 10.9 Å². The van der Waals surface area contributed by atoms with Crippen LogP contribution in [0.15, 0.2) is 12.4 Å². The summed E-state index contributed by atoms with van der Waals surface area (Å²) in [5.74, 6) is -0.691. The third-order valence-electron chi connectivity index (χ3n) is 2.21. The molecule has 0 saturated carbocycles. The minimum absolute atomic E-state index is 0.0974. The number of anilines is 1. The largest absolute Gasteiger partial charge is 0.476 e. The van der Waals surface area contributed by atoms with Crippen LogP contribution < -0.4 is 5.73 Å². The van der Waals surface area contributed by atoms with Gasteiger partial charge in [0.05, 0.1) is 23.3 Å². The zero-order valence-corrected chi connectivity index (χ0v) is 9.38. The van der Waals surface area contributed by atoms with Crippen LogP contribution in [0.4, 0.5) is 5.69 Å². The highest BCUT2D eigenvalue weighted by molar-refractivity contribution is 5.91. The molecule has 0 radical (unpaired) electrons. The number of aromatic nitrogens is 4. The van der Waals surface area contributed by atoms with Gasteiger partial charge < -0.3 is 10.8 Å². The first kappa shape index (κ1) is 11.1. The lowest BCUT2D eigenvalue weighted by Crippen LogP contribution is -2.06. The van der Waals surface area contributed by atoms with E-state index in [0.717, 1.165) is 5.69 Å². The molecule has 0 aliphatic rings. The molecular formula is C10H11N5O2. The van der Waals surface area contributed by atoms with E-state index in [2.05, 4.69) is 15.1 Å². The van der Waals surface area contributed by atoms with Gasteiger partial charge in [-0.2, -0.15) is 5.10 Å². The predicted molar refractivity (Wildman–Crippen MR) is 60.0 cm³/mol. The maximum Gasteiger partial charge on any atom is 0.358 e. The fourth-order valence-electron chi connectivity index (χ4n) is 1.40. The monoisotopic (exact) mass is 233 g/mol. The van der Waals surface area contributed by atoms with Crippen LogP contribution in [0, 0.1) is 13.8 Å². The number of nitrogen functional groups attached to an aromatic ring is 1. The fraction of sp³-hybridized carbons (Fsp3) is 0.200. The van der Waals surface area contributed by atoms with Crippen molar-refractivity contribution < 1.29 is 9.90 Å². The van der Waals surface area contributed by atoms with Crippen LogP contribution >= 0.6 is 0 Å². The number of carboxylic acid groups (broad SMARTS) is 1. The molecule has 0 amide bonds. The van der Waals surface area contributed by atoms with Gasteiger partial charge in [-0.3, -0.25) is 4.98 Å². The molecule has 0 bridgehead atoms. The first-order chi connectivity index (χ1) is 7.99. The topological polar surface area (TPSA) is 107 Å². The zero-order chi connectivity index (χ0) is 12.6. The summed E-state index contributed by atoms with van der Waals surface area (Å²) < 4.78 is 1.33. The van der Waals surface area contributed by atoms with Crippen LogP contribution in [-0.2, 0) is 0 Å². The van der Waals surface area contributed by atoms with Crippen LogP contribution in [0.25, 0.3) is 5.82 Å². The third kappa shape index (κ3) is 1.94. The fourth-order valence-corrected chi connectivity index (χ4v) is 1.40. The van der Waals surface area contributed by atoms with Crippen molar-refractivity contribution in [3.63, 3.8) is 0 Å². The average Bonchev–Trinajstić information content (AvgIpc) is 2.64. The molecule has 0 fully saturated rings. The molecule has 2 aromatic heterocycles. The maximum atomic E-state index is 10.8. The van der Waals surface area contributed by atoms with Gasteiger partial charge in [-0.15, -0.1) is 0 Å². The van der Waals surface area contributed by atoms with Crippen molar-refractivity contribution in [2.45, 2.75) is 13.8 Å². The lowest BCUT2D eigenvalue weighted by Gasteiger charge is -2.04. The molecule has 0 aromatic carbocycles. The Kier molecular flexibility index (Phi) is 2.51. The molecule has 7 heteroatoms. The molecule has 2 rings (SSSR count). The normalized spacial score (nSPS) is 10.5. The van der Waals surface area contributed by atoms with E-state index in [1.54, 1.807) is 20.0 Å². The summed E-state index contributed by atoms with van der Waals surface area (Å²) in [6, 6.07) is 0. The molecule has 0 spiro atoms. The number of aromatic carboxylic acids is 1. The Morgan fingerprint density at radius 1 is 1.47 bits per heavy atom. The van der Waals surface area contributed by atoms with Crippen LogP contribution in [0.3, 0.4) is 0 Å². The molecular weight excluding hydrogens is 222 g/mol. The van der Waals surface area contributed by atoms with Crippen molar-refractivity contribution in [1.82, 2.24) is 19.7 Å². The Morgan fingerprint density at radius 3 is 2.76 bits per heavy atom. The van der Waals surface area contributed by atoms with Crippen molar-refractivity contribution in [2.24, 2.45) is 0 Å². The van der Waals surface area contributed by atoms with Gasteiger partial charge in [0, 0.05) is 6.20 Å². The number of nitrogens with zero attached hydrogens (tertiary/aromatic N) is 4. The molecule has 0 atom stereocenters. The molecule has 2 aromatic rings. The molecule has 7 nitrogen and oxygen atoms in total. The highest BCUT2D eigenvalue weighted by atomic mass is 16.4. The third-order valence-corrected chi connectivity index (χ3v) is 2.21. The second kappa shape index (κ2) is 3.85.